The molecule has 2 aromatic rings. The Morgan fingerprint density at radius 1 is 1.13 bits per heavy atom. The molecule has 0 bridgehead atoms. The number of nitrogens with one attached hydrogen (secondary N) is 1. The van der Waals surface area contributed by atoms with Gasteiger partial charge in [-0.25, -0.2) is 0 Å². The zero-order valence-electron chi connectivity index (χ0n) is 21.5. The number of benzene rings is 2. The molecule has 206 valence electrons. The second kappa shape index (κ2) is 10.8. The molecule has 10 heteroatoms. The molecule has 4 rings (SSSR count). The fraction of sp³-hybridized carbons (Fsp3) is 0.500. The highest BCUT2D eigenvalue weighted by atomic mass is 35.5. The molecule has 38 heavy (non-hydrogen) atoms. The molecule has 6 nitrogen and oxygen atoms in total. The number of aliphatic hydroxyl groups is 1. The van der Waals surface area contributed by atoms with Crippen LogP contribution < -0.4 is 10.2 Å². The highest BCUT2D eigenvalue weighted by molar-refractivity contribution is 6.34. The van der Waals surface area contributed by atoms with E-state index in [9.17, 15) is 27.9 Å². The summed E-state index contributed by atoms with van der Waals surface area (Å²) in [6, 6.07) is 11.9. The van der Waals surface area contributed by atoms with Gasteiger partial charge >= 0.3 is 6.18 Å². The summed E-state index contributed by atoms with van der Waals surface area (Å²) in [5.74, 6) is -1.30. The van der Waals surface area contributed by atoms with E-state index in [0.717, 1.165) is 61.5 Å². The van der Waals surface area contributed by atoms with Gasteiger partial charge in [-0.3, -0.25) is 9.59 Å². The smallest absolute Gasteiger partial charge is 0.371 e. The molecule has 1 aliphatic carbocycles. The molecule has 1 aliphatic heterocycles. The van der Waals surface area contributed by atoms with Gasteiger partial charge in [0.1, 0.15) is 0 Å². The van der Waals surface area contributed by atoms with Crippen molar-refractivity contribution in [3.8, 4) is 0 Å². The Morgan fingerprint density at radius 3 is 2.32 bits per heavy atom. The van der Waals surface area contributed by atoms with Gasteiger partial charge in [-0.1, -0.05) is 41.9 Å². The molecule has 2 aliphatic rings. The lowest BCUT2D eigenvalue weighted by atomic mass is 9.54. The summed E-state index contributed by atoms with van der Waals surface area (Å²) in [6.45, 7) is 1.75. The molecule has 1 heterocycles. The number of anilines is 1. The number of rotatable bonds is 7. The van der Waals surface area contributed by atoms with E-state index in [2.05, 4.69) is 10.2 Å². The van der Waals surface area contributed by atoms with Gasteiger partial charge in [-0.05, 0) is 61.6 Å². The largest absolute Gasteiger partial charge is 0.430 e. The maximum atomic E-state index is 13.9. The summed E-state index contributed by atoms with van der Waals surface area (Å²) in [5.41, 5.74) is -2.59. The summed E-state index contributed by atoms with van der Waals surface area (Å²) >= 11 is 6.33. The van der Waals surface area contributed by atoms with Crippen LogP contribution in [0.25, 0.3) is 0 Å². The van der Waals surface area contributed by atoms with E-state index in [1.807, 2.05) is 6.07 Å². The van der Waals surface area contributed by atoms with E-state index in [-0.39, 0.29) is 17.9 Å². The van der Waals surface area contributed by atoms with Crippen molar-refractivity contribution in [1.29, 1.82) is 0 Å². The number of carbonyl (C=O) groups excluding carboxylic acids is 2. The molecule has 2 N–H and O–H groups in total. The number of alkyl halides is 3. The average molecular weight is 552 g/mol. The molecule has 0 aromatic heterocycles. The van der Waals surface area contributed by atoms with Crippen LogP contribution in [0.3, 0.4) is 0 Å². The van der Waals surface area contributed by atoms with Crippen molar-refractivity contribution in [1.82, 2.24) is 10.2 Å². The maximum Gasteiger partial charge on any atom is 0.430 e. The van der Waals surface area contributed by atoms with Crippen LogP contribution in [0.1, 0.15) is 48.0 Å². The van der Waals surface area contributed by atoms with Crippen LogP contribution in [0.15, 0.2) is 48.5 Å². The lowest BCUT2D eigenvalue weighted by Gasteiger charge is -2.55. The molecule has 2 atom stereocenters. The Kier molecular flexibility index (Phi) is 8.00. The first-order valence-corrected chi connectivity index (χ1v) is 13.2. The van der Waals surface area contributed by atoms with E-state index < -0.39 is 23.2 Å². The maximum absolute atomic E-state index is 13.9. The highest BCUT2D eigenvalue weighted by Crippen LogP contribution is 2.55. The fourth-order valence-corrected chi connectivity index (χ4v) is 6.17. The van der Waals surface area contributed by atoms with Crippen LogP contribution >= 0.6 is 11.6 Å². The van der Waals surface area contributed by atoms with Crippen LogP contribution in [0.5, 0.6) is 0 Å². The van der Waals surface area contributed by atoms with E-state index in [1.165, 1.54) is 25.2 Å². The fourth-order valence-electron chi connectivity index (χ4n) is 5.91. The van der Waals surface area contributed by atoms with E-state index in [0.29, 0.717) is 22.9 Å². The van der Waals surface area contributed by atoms with Crippen molar-refractivity contribution in [3.63, 3.8) is 0 Å². The number of amides is 2. The summed E-state index contributed by atoms with van der Waals surface area (Å²) in [5, 5.41) is 13.6. The zero-order chi connectivity index (χ0) is 27.7. The van der Waals surface area contributed by atoms with Gasteiger partial charge in [0.2, 0.25) is 0 Å². The highest BCUT2D eigenvalue weighted by Gasteiger charge is 2.61. The van der Waals surface area contributed by atoms with Gasteiger partial charge in [0, 0.05) is 45.0 Å². The SMILES string of the molecule is CNC(=O)c1ccc(N2CCC3(CCC3CCN(C)C(=O)C(O)(c3ccccc3)C(F)(F)F)CC2)cc1Cl. The quantitative estimate of drug-likeness (QED) is 0.508. The number of likely N-dealkylation sites (N-methyl/N-ethyl adjacent to an activating group) is 1. The van der Waals surface area contributed by atoms with Crippen LogP contribution in [-0.4, -0.2) is 61.7 Å². The minimum atomic E-state index is -5.15. The topological polar surface area (TPSA) is 72.9 Å². The lowest BCUT2D eigenvalue weighted by molar-refractivity contribution is -0.261. The van der Waals surface area contributed by atoms with Gasteiger partial charge in [-0.2, -0.15) is 13.2 Å². The molecule has 2 amide bonds. The summed E-state index contributed by atoms with van der Waals surface area (Å²) in [6.07, 6.45) is -0.683. The van der Waals surface area contributed by atoms with E-state index in [4.69, 9.17) is 11.6 Å². The van der Waals surface area contributed by atoms with Gasteiger partial charge in [-0.15, -0.1) is 0 Å². The first kappa shape index (κ1) is 28.2. The Hall–Kier alpha value is -2.78. The minimum Gasteiger partial charge on any atom is -0.371 e. The lowest BCUT2D eigenvalue weighted by Crippen LogP contribution is -2.55. The number of halogens is 4. The molecule has 0 radical (unpaired) electrons. The summed E-state index contributed by atoms with van der Waals surface area (Å²) in [7, 11) is 2.88. The second-order valence-electron chi connectivity index (χ2n) is 10.4. The zero-order valence-corrected chi connectivity index (χ0v) is 22.3. The molecule has 1 saturated carbocycles. The van der Waals surface area contributed by atoms with Gasteiger partial charge in [0.05, 0.1) is 10.6 Å². The van der Waals surface area contributed by atoms with Crippen molar-refractivity contribution in [2.75, 3.05) is 38.6 Å². The Labute approximate surface area is 225 Å². The van der Waals surface area contributed by atoms with Crippen LogP contribution in [0.4, 0.5) is 18.9 Å². The Bertz CT molecular complexity index is 1170. The monoisotopic (exact) mass is 551 g/mol. The number of nitrogens with zero attached hydrogens (tertiary/aromatic N) is 2. The van der Waals surface area contributed by atoms with Crippen LogP contribution in [0.2, 0.25) is 5.02 Å². The molecule has 2 aromatic carbocycles. The van der Waals surface area contributed by atoms with Crippen molar-refractivity contribution in [2.24, 2.45) is 11.3 Å². The average Bonchev–Trinajstić information content (AvgIpc) is 2.91. The van der Waals surface area contributed by atoms with Crippen molar-refractivity contribution in [3.05, 3.63) is 64.7 Å². The molecule has 2 unspecified atom stereocenters. The minimum absolute atomic E-state index is 0.103. The van der Waals surface area contributed by atoms with Gasteiger partial charge in [0.15, 0.2) is 0 Å². The first-order chi connectivity index (χ1) is 17.9. The molecule has 1 spiro atoms. The number of hydrogen-bond donors (Lipinski definition) is 2. The van der Waals surface area contributed by atoms with Crippen molar-refractivity contribution >= 4 is 29.1 Å². The summed E-state index contributed by atoms with van der Waals surface area (Å²) < 4.78 is 41.7. The summed E-state index contributed by atoms with van der Waals surface area (Å²) in [4.78, 5) is 28.1. The molecule has 2 fully saturated rings. The van der Waals surface area contributed by atoms with E-state index in [1.54, 1.807) is 19.2 Å². The first-order valence-electron chi connectivity index (χ1n) is 12.8. The van der Waals surface area contributed by atoms with Gasteiger partial charge < -0.3 is 20.2 Å². The molecule has 1 saturated heterocycles. The Balaban J connectivity index is 1.36. The number of piperidine rings is 1. The number of carbonyl (C=O) groups is 2. The van der Waals surface area contributed by atoms with Crippen LogP contribution in [-0.2, 0) is 10.4 Å². The van der Waals surface area contributed by atoms with Crippen molar-refractivity contribution in [2.45, 2.75) is 43.9 Å². The molecular formula is C28H33ClF3N3O3. The third-order valence-corrected chi connectivity index (χ3v) is 8.79. The van der Waals surface area contributed by atoms with Crippen molar-refractivity contribution < 1.29 is 27.9 Å². The number of hydrogen-bond acceptors (Lipinski definition) is 4. The third kappa shape index (κ3) is 5.10. The standard InChI is InChI=1S/C28H33ClF3N3O3/c1-33-24(36)22-9-8-21(18-23(22)29)35-16-13-26(14-17-35)12-10-19(26)11-15-34(2)25(37)27(38,28(30,31)32)20-6-4-3-5-7-20/h3-9,18-19,38H,10-17H2,1-2H3,(H,33,36). The second-order valence-corrected chi connectivity index (χ2v) is 10.8. The predicted octanol–water partition coefficient (Wildman–Crippen LogP) is 4.99. The predicted molar refractivity (Wildman–Crippen MR) is 140 cm³/mol. The van der Waals surface area contributed by atoms with Crippen LogP contribution in [0, 0.1) is 11.3 Å². The third-order valence-electron chi connectivity index (χ3n) is 8.48. The normalized spacial score (nSPS) is 20.4. The molecular weight excluding hydrogens is 519 g/mol. The Morgan fingerprint density at radius 2 is 1.79 bits per heavy atom. The van der Waals surface area contributed by atoms with Gasteiger partial charge in [0.25, 0.3) is 17.4 Å². The van der Waals surface area contributed by atoms with E-state index >= 15 is 0 Å².